The van der Waals surface area contributed by atoms with Gasteiger partial charge in [-0.25, -0.2) is 0 Å². The molecule has 0 aromatic heterocycles. The lowest BCUT2D eigenvalue weighted by Crippen LogP contribution is -2.16. The van der Waals surface area contributed by atoms with Crippen molar-refractivity contribution in [3.05, 3.63) is 29.8 Å². The molecule has 0 amide bonds. The smallest absolute Gasteiger partial charge is 0.389 e. The molecule has 5 heteroatoms. The van der Waals surface area contributed by atoms with Crippen LogP contribution in [0, 0.1) is 0 Å². The molecule has 1 aromatic rings. The fraction of sp³-hybridized carbons (Fsp3) is 0.538. The van der Waals surface area contributed by atoms with Gasteiger partial charge in [0.15, 0.2) is 0 Å². The molecule has 1 unspecified atom stereocenters. The Kier molecular flexibility index (Phi) is 5.47. The normalized spacial score (nSPS) is 13.4. The largest absolute Gasteiger partial charge is 0.493 e. The van der Waals surface area contributed by atoms with E-state index in [2.05, 4.69) is 0 Å². The third kappa shape index (κ3) is 4.96. The van der Waals surface area contributed by atoms with Crippen LogP contribution in [0.3, 0.4) is 0 Å². The van der Waals surface area contributed by atoms with Crippen LogP contribution in [-0.2, 0) is 0 Å². The molecule has 0 saturated carbocycles. The van der Waals surface area contributed by atoms with E-state index in [0.29, 0.717) is 17.9 Å². The number of hydrogen-bond acceptors (Lipinski definition) is 2. The highest BCUT2D eigenvalue weighted by molar-refractivity contribution is 5.35. The molecule has 18 heavy (non-hydrogen) atoms. The van der Waals surface area contributed by atoms with E-state index in [1.807, 2.05) is 6.92 Å². The zero-order valence-electron chi connectivity index (χ0n) is 10.3. The fourth-order valence-electron chi connectivity index (χ4n) is 1.60. The lowest BCUT2D eigenvalue weighted by molar-refractivity contribution is -0.136. The SMILES string of the molecule is CCCOc1ccccc1C(N)CCC(F)(F)F. The molecule has 0 aliphatic rings. The van der Waals surface area contributed by atoms with Crippen molar-refractivity contribution in [2.24, 2.45) is 5.73 Å². The Hall–Kier alpha value is -1.23. The molecule has 0 bridgehead atoms. The molecule has 0 spiro atoms. The Bertz CT molecular complexity index is 365. The van der Waals surface area contributed by atoms with Crippen molar-refractivity contribution in [2.45, 2.75) is 38.4 Å². The summed E-state index contributed by atoms with van der Waals surface area (Å²) < 4.78 is 41.9. The number of para-hydroxylation sites is 1. The summed E-state index contributed by atoms with van der Waals surface area (Å²) in [4.78, 5) is 0. The molecular weight excluding hydrogens is 243 g/mol. The molecule has 0 heterocycles. The lowest BCUT2D eigenvalue weighted by Gasteiger charge is -2.17. The van der Waals surface area contributed by atoms with E-state index in [-0.39, 0.29) is 6.42 Å². The van der Waals surface area contributed by atoms with Crippen molar-refractivity contribution in [3.8, 4) is 5.75 Å². The second-order valence-electron chi connectivity index (χ2n) is 4.15. The Morgan fingerprint density at radius 3 is 2.56 bits per heavy atom. The van der Waals surface area contributed by atoms with Gasteiger partial charge >= 0.3 is 6.18 Å². The van der Waals surface area contributed by atoms with Crippen LogP contribution in [0.4, 0.5) is 13.2 Å². The molecule has 102 valence electrons. The third-order valence-electron chi connectivity index (χ3n) is 2.52. The highest BCUT2D eigenvalue weighted by atomic mass is 19.4. The second-order valence-corrected chi connectivity index (χ2v) is 4.15. The van der Waals surface area contributed by atoms with Crippen molar-refractivity contribution in [1.82, 2.24) is 0 Å². The van der Waals surface area contributed by atoms with E-state index < -0.39 is 18.6 Å². The maximum atomic E-state index is 12.1. The predicted octanol–water partition coefficient (Wildman–Crippen LogP) is 3.82. The van der Waals surface area contributed by atoms with Gasteiger partial charge in [-0.3, -0.25) is 0 Å². The molecule has 1 rings (SSSR count). The Morgan fingerprint density at radius 2 is 1.94 bits per heavy atom. The Balaban J connectivity index is 2.69. The molecular formula is C13H18F3NO. The van der Waals surface area contributed by atoms with Gasteiger partial charge < -0.3 is 10.5 Å². The first-order valence-electron chi connectivity index (χ1n) is 5.98. The summed E-state index contributed by atoms with van der Waals surface area (Å²) in [6.07, 6.45) is -4.34. The van der Waals surface area contributed by atoms with Gasteiger partial charge in [-0.05, 0) is 18.9 Å². The summed E-state index contributed by atoms with van der Waals surface area (Å²) in [5, 5.41) is 0. The highest BCUT2D eigenvalue weighted by Gasteiger charge is 2.28. The van der Waals surface area contributed by atoms with Gasteiger partial charge in [-0.1, -0.05) is 25.1 Å². The van der Waals surface area contributed by atoms with Crippen LogP contribution in [-0.4, -0.2) is 12.8 Å². The van der Waals surface area contributed by atoms with Gasteiger partial charge in [-0.15, -0.1) is 0 Å². The van der Waals surface area contributed by atoms with E-state index in [1.165, 1.54) is 0 Å². The fourth-order valence-corrected chi connectivity index (χ4v) is 1.60. The molecule has 0 radical (unpaired) electrons. The first-order chi connectivity index (χ1) is 8.44. The van der Waals surface area contributed by atoms with Crippen LogP contribution in [0.15, 0.2) is 24.3 Å². The van der Waals surface area contributed by atoms with E-state index in [9.17, 15) is 13.2 Å². The van der Waals surface area contributed by atoms with E-state index in [4.69, 9.17) is 10.5 Å². The summed E-state index contributed by atoms with van der Waals surface area (Å²) in [7, 11) is 0. The number of ether oxygens (including phenoxy) is 1. The molecule has 0 fully saturated rings. The van der Waals surface area contributed by atoms with Gasteiger partial charge in [-0.2, -0.15) is 13.2 Å². The minimum atomic E-state index is -4.17. The van der Waals surface area contributed by atoms with Crippen LogP contribution in [0.1, 0.15) is 37.8 Å². The Morgan fingerprint density at radius 1 is 1.28 bits per heavy atom. The number of benzene rings is 1. The van der Waals surface area contributed by atoms with Crippen LogP contribution >= 0.6 is 0 Å². The monoisotopic (exact) mass is 261 g/mol. The maximum Gasteiger partial charge on any atom is 0.389 e. The number of rotatable bonds is 6. The van der Waals surface area contributed by atoms with Crippen LogP contribution in [0.2, 0.25) is 0 Å². The number of hydrogen-bond donors (Lipinski definition) is 1. The average molecular weight is 261 g/mol. The first kappa shape index (κ1) is 14.8. The summed E-state index contributed by atoms with van der Waals surface area (Å²) in [6.45, 7) is 2.50. The molecule has 2 nitrogen and oxygen atoms in total. The highest BCUT2D eigenvalue weighted by Crippen LogP contribution is 2.30. The molecule has 0 aliphatic carbocycles. The van der Waals surface area contributed by atoms with Crippen molar-refractivity contribution in [2.75, 3.05) is 6.61 Å². The number of alkyl halides is 3. The zero-order chi connectivity index (χ0) is 13.6. The number of nitrogens with two attached hydrogens (primary N) is 1. The summed E-state index contributed by atoms with van der Waals surface area (Å²) in [5.41, 5.74) is 6.43. The van der Waals surface area contributed by atoms with Crippen LogP contribution in [0.25, 0.3) is 0 Å². The molecule has 1 aromatic carbocycles. The molecule has 2 N–H and O–H groups in total. The van der Waals surface area contributed by atoms with E-state index in [0.717, 1.165) is 6.42 Å². The van der Waals surface area contributed by atoms with Gasteiger partial charge in [0.1, 0.15) is 5.75 Å². The van der Waals surface area contributed by atoms with Crippen molar-refractivity contribution in [1.29, 1.82) is 0 Å². The number of halogens is 3. The zero-order valence-corrected chi connectivity index (χ0v) is 10.3. The average Bonchev–Trinajstić information content (AvgIpc) is 2.33. The topological polar surface area (TPSA) is 35.2 Å². The van der Waals surface area contributed by atoms with E-state index >= 15 is 0 Å². The van der Waals surface area contributed by atoms with Crippen molar-refractivity contribution in [3.63, 3.8) is 0 Å². The van der Waals surface area contributed by atoms with Crippen molar-refractivity contribution >= 4 is 0 Å². The van der Waals surface area contributed by atoms with Crippen molar-refractivity contribution < 1.29 is 17.9 Å². The van der Waals surface area contributed by atoms with Gasteiger partial charge in [0.25, 0.3) is 0 Å². The first-order valence-corrected chi connectivity index (χ1v) is 5.98. The van der Waals surface area contributed by atoms with Crippen LogP contribution in [0.5, 0.6) is 5.75 Å². The quantitative estimate of drug-likeness (QED) is 0.845. The summed E-state index contributed by atoms with van der Waals surface area (Å²) in [5.74, 6) is 0.578. The second kappa shape index (κ2) is 6.64. The van der Waals surface area contributed by atoms with Gasteiger partial charge in [0, 0.05) is 18.0 Å². The minimum Gasteiger partial charge on any atom is -0.493 e. The predicted molar refractivity (Wildman–Crippen MR) is 64.4 cm³/mol. The standard InChI is InChI=1S/C13H18F3NO/c1-2-9-18-12-6-4-3-5-10(12)11(17)7-8-13(14,15)16/h3-6,11H,2,7-9,17H2,1H3. The summed E-state index contributed by atoms with van der Waals surface area (Å²) >= 11 is 0. The third-order valence-corrected chi connectivity index (χ3v) is 2.52. The molecule has 0 aliphatic heterocycles. The Labute approximate surface area is 105 Å². The van der Waals surface area contributed by atoms with Gasteiger partial charge in [0.05, 0.1) is 6.61 Å². The minimum absolute atomic E-state index is 0.129. The van der Waals surface area contributed by atoms with Crippen LogP contribution < -0.4 is 10.5 Å². The maximum absolute atomic E-state index is 12.1. The molecule has 1 atom stereocenters. The summed E-state index contributed by atoms with van der Waals surface area (Å²) in [6, 6.07) is 6.33. The van der Waals surface area contributed by atoms with Gasteiger partial charge in [0.2, 0.25) is 0 Å². The van der Waals surface area contributed by atoms with E-state index in [1.54, 1.807) is 24.3 Å². The molecule has 0 saturated heterocycles. The lowest BCUT2D eigenvalue weighted by atomic mass is 10.0.